The van der Waals surface area contributed by atoms with E-state index in [2.05, 4.69) is 44.9 Å². The van der Waals surface area contributed by atoms with Gasteiger partial charge in [-0.1, -0.05) is 61.1 Å². The van der Waals surface area contributed by atoms with Crippen molar-refractivity contribution >= 4 is 12.7 Å². The Labute approximate surface area is 150 Å². The molecule has 0 saturated carbocycles. The molecule has 0 radical (unpaired) electrons. The van der Waals surface area contributed by atoms with Crippen LogP contribution in [0.3, 0.4) is 0 Å². The molecule has 1 aliphatic heterocycles. The highest BCUT2D eigenvalue weighted by Gasteiger charge is 2.17. The standard InChI is InChI=1S/C18H29NO.2C2H6/c1-6-17-14(4)18(11-13(2)3)19(15(17)5)12-16-7-9-20-10-8-16;2*1-2/h11,13,16H,4,6-10,12H2,1-3,5H3;2*1-2H3/b18-11+;;. The molecule has 0 amide bonds. The van der Waals surface area contributed by atoms with E-state index in [1.54, 1.807) is 0 Å². The van der Waals surface area contributed by atoms with E-state index in [0.29, 0.717) is 5.92 Å². The van der Waals surface area contributed by atoms with Gasteiger partial charge < -0.3 is 9.30 Å². The molecule has 0 unspecified atom stereocenters. The van der Waals surface area contributed by atoms with Gasteiger partial charge in [-0.25, -0.2) is 0 Å². The van der Waals surface area contributed by atoms with Crippen molar-refractivity contribution in [2.75, 3.05) is 13.2 Å². The highest BCUT2D eigenvalue weighted by atomic mass is 16.5. The van der Waals surface area contributed by atoms with Gasteiger partial charge in [0.05, 0.1) is 0 Å². The fraction of sp³-hybridized carbons (Fsp3) is 0.727. The normalized spacial score (nSPS) is 15.6. The van der Waals surface area contributed by atoms with Gasteiger partial charge in [0.2, 0.25) is 0 Å². The highest BCUT2D eigenvalue weighted by Crippen LogP contribution is 2.17. The first-order valence-electron chi connectivity index (χ1n) is 10.0. The third-order valence-corrected chi connectivity index (χ3v) is 4.43. The second-order valence-electron chi connectivity index (χ2n) is 6.36. The predicted molar refractivity (Wildman–Crippen MR) is 109 cm³/mol. The Bertz CT molecular complexity index is 548. The summed E-state index contributed by atoms with van der Waals surface area (Å²) in [5, 5.41) is 2.59. The van der Waals surface area contributed by atoms with E-state index in [1.165, 1.54) is 34.7 Å². The van der Waals surface area contributed by atoms with E-state index in [-0.39, 0.29) is 0 Å². The zero-order valence-corrected chi connectivity index (χ0v) is 17.5. The molecule has 0 atom stereocenters. The summed E-state index contributed by atoms with van der Waals surface area (Å²) in [6.45, 7) is 24.3. The van der Waals surface area contributed by atoms with E-state index in [1.807, 2.05) is 27.7 Å². The summed E-state index contributed by atoms with van der Waals surface area (Å²) < 4.78 is 7.99. The lowest BCUT2D eigenvalue weighted by Gasteiger charge is -2.23. The van der Waals surface area contributed by atoms with Gasteiger partial charge in [-0.15, -0.1) is 0 Å². The molecule has 1 fully saturated rings. The summed E-state index contributed by atoms with van der Waals surface area (Å²) in [6.07, 6.45) is 5.82. The van der Waals surface area contributed by atoms with Crippen molar-refractivity contribution in [3.8, 4) is 0 Å². The molecular weight excluding hydrogens is 294 g/mol. The second kappa shape index (κ2) is 12.4. The van der Waals surface area contributed by atoms with Gasteiger partial charge in [-0.2, -0.15) is 0 Å². The third-order valence-electron chi connectivity index (χ3n) is 4.43. The number of hydrogen-bond donors (Lipinski definition) is 0. The average molecular weight is 336 g/mol. The average Bonchev–Trinajstić information content (AvgIpc) is 2.82. The van der Waals surface area contributed by atoms with Gasteiger partial charge in [0.25, 0.3) is 0 Å². The van der Waals surface area contributed by atoms with Crippen LogP contribution in [-0.4, -0.2) is 17.8 Å². The lowest BCUT2D eigenvalue weighted by Crippen LogP contribution is -2.33. The molecule has 0 aliphatic carbocycles. The SMILES string of the molecule is C=c1c(CC)c(C)n(CC2CCOCC2)/c1=C/C(C)C.CC.CC. The van der Waals surface area contributed by atoms with Crippen LogP contribution in [0.5, 0.6) is 0 Å². The van der Waals surface area contributed by atoms with Crippen LogP contribution in [-0.2, 0) is 17.7 Å². The lowest BCUT2D eigenvalue weighted by molar-refractivity contribution is 0.0609. The van der Waals surface area contributed by atoms with Crippen LogP contribution in [0.1, 0.15) is 72.6 Å². The van der Waals surface area contributed by atoms with Crippen molar-refractivity contribution in [3.63, 3.8) is 0 Å². The number of hydrogen-bond acceptors (Lipinski definition) is 1. The monoisotopic (exact) mass is 335 g/mol. The summed E-state index contributed by atoms with van der Waals surface area (Å²) >= 11 is 0. The molecule has 2 nitrogen and oxygen atoms in total. The fourth-order valence-electron chi connectivity index (χ4n) is 3.28. The smallest absolute Gasteiger partial charge is 0.0469 e. The molecule has 1 saturated heterocycles. The first-order valence-corrected chi connectivity index (χ1v) is 10.0. The maximum atomic E-state index is 5.48. The zero-order valence-electron chi connectivity index (χ0n) is 17.5. The molecule has 0 aromatic carbocycles. The Morgan fingerprint density at radius 3 is 2.17 bits per heavy atom. The number of nitrogens with zero attached hydrogens (tertiary/aromatic N) is 1. The number of aromatic nitrogens is 1. The summed E-state index contributed by atoms with van der Waals surface area (Å²) in [7, 11) is 0. The summed E-state index contributed by atoms with van der Waals surface area (Å²) in [5.41, 5.74) is 2.85. The topological polar surface area (TPSA) is 14.2 Å². The van der Waals surface area contributed by atoms with Crippen molar-refractivity contribution < 1.29 is 4.74 Å². The first kappa shape index (κ1) is 23.0. The molecule has 2 heteroatoms. The van der Waals surface area contributed by atoms with Crippen molar-refractivity contribution in [3.05, 3.63) is 21.8 Å². The maximum absolute atomic E-state index is 5.48. The van der Waals surface area contributed by atoms with Crippen molar-refractivity contribution in [2.45, 2.75) is 81.2 Å². The van der Waals surface area contributed by atoms with Crippen LogP contribution in [0.4, 0.5) is 0 Å². The van der Waals surface area contributed by atoms with Gasteiger partial charge in [0, 0.05) is 30.8 Å². The van der Waals surface area contributed by atoms with Gasteiger partial charge in [0.1, 0.15) is 0 Å². The van der Waals surface area contributed by atoms with Crippen LogP contribution >= 0.6 is 0 Å². The quantitative estimate of drug-likeness (QED) is 0.779. The lowest BCUT2D eigenvalue weighted by atomic mass is 10.0. The van der Waals surface area contributed by atoms with Crippen molar-refractivity contribution in [2.24, 2.45) is 11.8 Å². The van der Waals surface area contributed by atoms with Gasteiger partial charge in [-0.05, 0) is 48.8 Å². The first-order chi connectivity index (χ1) is 11.5. The second-order valence-corrected chi connectivity index (χ2v) is 6.36. The van der Waals surface area contributed by atoms with Crippen LogP contribution in [0.15, 0.2) is 0 Å². The fourth-order valence-corrected chi connectivity index (χ4v) is 3.28. The Morgan fingerprint density at radius 1 is 1.17 bits per heavy atom. The van der Waals surface area contributed by atoms with Gasteiger partial charge in [0.15, 0.2) is 0 Å². The van der Waals surface area contributed by atoms with E-state index in [9.17, 15) is 0 Å². The number of rotatable bonds is 4. The molecule has 1 aromatic rings. The van der Waals surface area contributed by atoms with Crippen molar-refractivity contribution in [1.82, 2.24) is 4.57 Å². The van der Waals surface area contributed by atoms with Crippen LogP contribution in [0.2, 0.25) is 0 Å². The largest absolute Gasteiger partial charge is 0.381 e. The molecule has 140 valence electrons. The van der Waals surface area contributed by atoms with Crippen LogP contribution in [0.25, 0.3) is 12.7 Å². The zero-order chi connectivity index (χ0) is 18.7. The molecule has 1 aliphatic rings. The molecule has 2 rings (SSSR count). The molecule has 0 N–H and O–H groups in total. The molecular formula is C22H41NO. The minimum absolute atomic E-state index is 0.558. The molecule has 0 spiro atoms. The summed E-state index contributed by atoms with van der Waals surface area (Å²) in [6, 6.07) is 0. The molecule has 2 heterocycles. The minimum atomic E-state index is 0.558. The molecule has 0 bridgehead atoms. The summed E-state index contributed by atoms with van der Waals surface area (Å²) in [4.78, 5) is 0. The van der Waals surface area contributed by atoms with Crippen molar-refractivity contribution in [1.29, 1.82) is 0 Å². The minimum Gasteiger partial charge on any atom is -0.381 e. The van der Waals surface area contributed by atoms with Crippen LogP contribution < -0.4 is 10.6 Å². The van der Waals surface area contributed by atoms with Crippen LogP contribution in [0, 0.1) is 18.8 Å². The Balaban J connectivity index is 0.00000123. The van der Waals surface area contributed by atoms with Gasteiger partial charge >= 0.3 is 0 Å². The summed E-state index contributed by atoms with van der Waals surface area (Å²) in [5.74, 6) is 1.31. The van der Waals surface area contributed by atoms with E-state index in [4.69, 9.17) is 4.74 Å². The molecule has 1 aromatic heterocycles. The van der Waals surface area contributed by atoms with E-state index >= 15 is 0 Å². The van der Waals surface area contributed by atoms with Gasteiger partial charge in [-0.3, -0.25) is 0 Å². The maximum Gasteiger partial charge on any atom is 0.0469 e. The Hall–Kier alpha value is -1.02. The van der Waals surface area contributed by atoms with E-state index in [0.717, 1.165) is 32.1 Å². The Morgan fingerprint density at radius 2 is 1.71 bits per heavy atom. The number of ether oxygens (including phenoxy) is 1. The molecule has 24 heavy (non-hydrogen) atoms. The Kier molecular flexibility index (Phi) is 11.8. The van der Waals surface area contributed by atoms with E-state index < -0.39 is 0 Å². The predicted octanol–water partition coefficient (Wildman–Crippen LogP) is 4.68. The third kappa shape index (κ3) is 6.12. The highest BCUT2D eigenvalue weighted by molar-refractivity contribution is 5.34.